The first-order valence-electron chi connectivity index (χ1n) is 3.07. The SMILES string of the molecule is CCCCC/[C]=C/Cl. The first-order valence-corrected chi connectivity index (χ1v) is 3.50. The fourth-order valence-corrected chi connectivity index (χ4v) is 0.641. The number of hydrogen-bond acceptors (Lipinski definition) is 0. The lowest BCUT2D eigenvalue weighted by atomic mass is 10.2. The van der Waals surface area contributed by atoms with E-state index in [9.17, 15) is 0 Å². The van der Waals surface area contributed by atoms with Crippen LogP contribution in [-0.4, -0.2) is 0 Å². The summed E-state index contributed by atoms with van der Waals surface area (Å²) in [4.78, 5) is 0. The Kier molecular flexibility index (Phi) is 7.06. The van der Waals surface area contributed by atoms with Crippen LogP contribution >= 0.6 is 11.6 Å². The van der Waals surface area contributed by atoms with Gasteiger partial charge in [-0.2, -0.15) is 0 Å². The van der Waals surface area contributed by atoms with Gasteiger partial charge in [0.05, 0.1) is 0 Å². The molecule has 0 aromatic carbocycles. The van der Waals surface area contributed by atoms with E-state index in [4.69, 9.17) is 11.6 Å². The molecule has 8 heavy (non-hydrogen) atoms. The van der Waals surface area contributed by atoms with Crippen LogP contribution < -0.4 is 0 Å². The summed E-state index contributed by atoms with van der Waals surface area (Å²) < 4.78 is 0. The van der Waals surface area contributed by atoms with E-state index in [0.29, 0.717) is 0 Å². The summed E-state index contributed by atoms with van der Waals surface area (Å²) in [6.45, 7) is 2.18. The lowest BCUT2D eigenvalue weighted by Gasteiger charge is -1.87. The van der Waals surface area contributed by atoms with Crippen molar-refractivity contribution >= 4 is 11.6 Å². The number of hydrogen-bond donors (Lipinski definition) is 0. The minimum Gasteiger partial charge on any atom is -0.0926 e. The number of rotatable bonds is 4. The molecule has 0 spiro atoms. The minimum absolute atomic E-state index is 1.01. The maximum absolute atomic E-state index is 5.24. The van der Waals surface area contributed by atoms with Crippen LogP contribution in [0.5, 0.6) is 0 Å². The van der Waals surface area contributed by atoms with Gasteiger partial charge in [-0.05, 0) is 18.9 Å². The van der Waals surface area contributed by atoms with Crippen LogP contribution in [0.4, 0.5) is 0 Å². The fourth-order valence-electron chi connectivity index (χ4n) is 0.532. The standard InChI is InChI=1S/C7H12Cl/c1-2-3-4-5-6-7-8/h7H,2-5H2,1H3. The van der Waals surface area contributed by atoms with Crippen LogP contribution in [0.3, 0.4) is 0 Å². The molecule has 0 bridgehead atoms. The Morgan fingerprint density at radius 2 is 2.25 bits per heavy atom. The van der Waals surface area contributed by atoms with E-state index >= 15 is 0 Å². The molecule has 0 saturated carbocycles. The molecule has 0 fully saturated rings. The smallest absolute Gasteiger partial charge is 0.00776 e. The van der Waals surface area contributed by atoms with Crippen molar-refractivity contribution in [3.8, 4) is 0 Å². The van der Waals surface area contributed by atoms with E-state index in [2.05, 4.69) is 13.0 Å². The quantitative estimate of drug-likeness (QED) is 0.515. The summed E-state index contributed by atoms with van der Waals surface area (Å²) in [6.07, 6.45) is 7.71. The molecule has 1 heteroatoms. The lowest BCUT2D eigenvalue weighted by Crippen LogP contribution is -1.69. The highest BCUT2D eigenvalue weighted by Crippen LogP contribution is 1.98. The lowest BCUT2D eigenvalue weighted by molar-refractivity contribution is 0.723. The van der Waals surface area contributed by atoms with E-state index in [1.165, 1.54) is 24.8 Å². The van der Waals surface area contributed by atoms with Gasteiger partial charge >= 0.3 is 0 Å². The van der Waals surface area contributed by atoms with Crippen LogP contribution in [-0.2, 0) is 0 Å². The van der Waals surface area contributed by atoms with Crippen molar-refractivity contribution in [1.82, 2.24) is 0 Å². The van der Waals surface area contributed by atoms with Gasteiger partial charge in [0.1, 0.15) is 0 Å². The van der Waals surface area contributed by atoms with Crippen molar-refractivity contribution in [3.63, 3.8) is 0 Å². The van der Waals surface area contributed by atoms with Crippen molar-refractivity contribution in [2.75, 3.05) is 0 Å². The minimum atomic E-state index is 1.01. The van der Waals surface area contributed by atoms with Crippen LogP contribution in [0.1, 0.15) is 32.6 Å². The molecule has 0 aliphatic heterocycles. The number of halogens is 1. The molecule has 0 nitrogen and oxygen atoms in total. The molecule has 0 saturated heterocycles. The topological polar surface area (TPSA) is 0 Å². The van der Waals surface area contributed by atoms with Crippen LogP contribution in [0.2, 0.25) is 0 Å². The third kappa shape index (κ3) is 6.03. The zero-order chi connectivity index (χ0) is 6.24. The third-order valence-corrected chi connectivity index (χ3v) is 1.16. The van der Waals surface area contributed by atoms with E-state index in [-0.39, 0.29) is 0 Å². The fraction of sp³-hybridized carbons (Fsp3) is 0.714. The van der Waals surface area contributed by atoms with Gasteiger partial charge in [-0.15, -0.1) is 0 Å². The van der Waals surface area contributed by atoms with Gasteiger partial charge in [-0.1, -0.05) is 31.4 Å². The van der Waals surface area contributed by atoms with E-state index in [0.717, 1.165) is 6.42 Å². The molecule has 0 aromatic heterocycles. The van der Waals surface area contributed by atoms with Gasteiger partial charge in [0, 0.05) is 5.54 Å². The summed E-state index contributed by atoms with van der Waals surface area (Å²) in [5.74, 6) is 0. The molecule has 0 N–H and O–H groups in total. The highest BCUT2D eigenvalue weighted by molar-refractivity contribution is 6.25. The second-order valence-electron chi connectivity index (χ2n) is 1.77. The van der Waals surface area contributed by atoms with Crippen molar-refractivity contribution in [2.45, 2.75) is 32.6 Å². The maximum atomic E-state index is 5.24. The first-order chi connectivity index (χ1) is 3.91. The normalized spacial score (nSPS) is 10.8. The first kappa shape index (κ1) is 8.03. The average Bonchev–Trinajstić information content (AvgIpc) is 1.81. The van der Waals surface area contributed by atoms with Crippen molar-refractivity contribution < 1.29 is 0 Å². The van der Waals surface area contributed by atoms with E-state index in [1.54, 1.807) is 0 Å². The summed E-state index contributed by atoms with van der Waals surface area (Å²) in [5.41, 5.74) is 1.47. The van der Waals surface area contributed by atoms with Crippen LogP contribution in [0.15, 0.2) is 5.54 Å². The molecule has 47 valence electrons. The molecular formula is C7H12Cl. The van der Waals surface area contributed by atoms with Gasteiger partial charge in [0.15, 0.2) is 0 Å². The predicted octanol–water partition coefficient (Wildman–Crippen LogP) is 3.12. The molecule has 0 heterocycles. The molecule has 0 aromatic rings. The van der Waals surface area contributed by atoms with Gasteiger partial charge in [-0.25, -0.2) is 0 Å². The Labute approximate surface area is 56.5 Å². The van der Waals surface area contributed by atoms with E-state index < -0.39 is 0 Å². The molecule has 0 amide bonds. The molecule has 0 aliphatic rings. The number of allylic oxidation sites excluding steroid dienone is 1. The van der Waals surface area contributed by atoms with Crippen molar-refractivity contribution in [2.24, 2.45) is 0 Å². The summed E-state index contributed by atoms with van der Waals surface area (Å²) >= 11 is 5.24. The highest BCUT2D eigenvalue weighted by atomic mass is 35.5. The van der Waals surface area contributed by atoms with E-state index in [1.807, 2.05) is 0 Å². The van der Waals surface area contributed by atoms with Crippen molar-refractivity contribution in [3.05, 3.63) is 11.6 Å². The average molecular weight is 132 g/mol. The number of unbranched alkanes of at least 4 members (excludes halogenated alkanes) is 3. The monoisotopic (exact) mass is 131 g/mol. The largest absolute Gasteiger partial charge is 0.0926 e. The maximum Gasteiger partial charge on any atom is 0.00776 e. The Hall–Kier alpha value is 0.0300. The molecular weight excluding hydrogens is 120 g/mol. The molecule has 0 atom stereocenters. The highest BCUT2D eigenvalue weighted by Gasteiger charge is 1.79. The molecule has 1 radical (unpaired) electrons. The summed E-state index contributed by atoms with van der Waals surface area (Å²) in [7, 11) is 0. The third-order valence-electron chi connectivity index (χ3n) is 1.00. The molecule has 0 rings (SSSR count). The van der Waals surface area contributed by atoms with Gasteiger partial charge in [0.25, 0.3) is 0 Å². The molecule has 0 unspecified atom stereocenters. The van der Waals surface area contributed by atoms with Crippen LogP contribution in [0.25, 0.3) is 0 Å². The Bertz CT molecular complexity index is 57.4. The second-order valence-corrected chi connectivity index (χ2v) is 1.99. The Morgan fingerprint density at radius 1 is 1.50 bits per heavy atom. The predicted molar refractivity (Wildman–Crippen MR) is 37.8 cm³/mol. The molecule has 0 aliphatic carbocycles. The zero-order valence-corrected chi connectivity index (χ0v) is 6.04. The van der Waals surface area contributed by atoms with Gasteiger partial charge in [-0.3, -0.25) is 0 Å². The second kappa shape index (κ2) is 7.03. The summed E-state index contributed by atoms with van der Waals surface area (Å²) in [5, 5.41) is 0. The van der Waals surface area contributed by atoms with Crippen molar-refractivity contribution in [1.29, 1.82) is 0 Å². The van der Waals surface area contributed by atoms with Crippen LogP contribution in [0, 0.1) is 6.08 Å². The summed E-state index contributed by atoms with van der Waals surface area (Å²) in [6, 6.07) is 0. The van der Waals surface area contributed by atoms with Gasteiger partial charge in [0.2, 0.25) is 0 Å². The Morgan fingerprint density at radius 3 is 2.75 bits per heavy atom. The zero-order valence-electron chi connectivity index (χ0n) is 5.28. The van der Waals surface area contributed by atoms with Gasteiger partial charge < -0.3 is 0 Å². The Balaban J connectivity index is 2.72.